The molecule has 22 atom stereocenters. The quantitative estimate of drug-likeness (QED) is 0.0793. The van der Waals surface area contributed by atoms with E-state index in [4.69, 9.17) is 24.1 Å². The van der Waals surface area contributed by atoms with Gasteiger partial charge < -0.3 is 120 Å². The van der Waals surface area contributed by atoms with Gasteiger partial charge in [-0.25, -0.2) is 0 Å². The normalized spacial score (nSPS) is 36.4. The van der Waals surface area contributed by atoms with Gasteiger partial charge in [-0.3, -0.25) is 4.79 Å². The molecule has 0 aliphatic carbocycles. The standard InChI is InChI=1S/C16H29NO7.C11H22O4.C10H18O6.C10H20O5.C5H13O2P.2Na/c1-6-9(19)12(21)13-11(17-8(2)18)10(20)7-16(24-13,14(22)23)15(3,4)5;1-5-6-7(12)8(13)9(14)10(15-6)11(2,3)4;1-10(2,3)8-6(13)4(11)5(12)7(16-8)9(14)15;1-10(2,3)9-8(14)7(13)6(12)5(4-11)15-9;1-5(2,3)8(4,6)7;;/h9-13,19-21H,6-7H2,1-5H3,(H,17,18)(H,22,23);6-10,12-14H,5H2,1-4H3;4-8,11-13H,1-3H3,(H,14,15);5-9,11-14H,4H2,1-3H3;1-4H3,(H,6,7);;/q;;;;;2*+1/p-3. The van der Waals surface area contributed by atoms with Crippen molar-refractivity contribution >= 4 is 25.2 Å². The number of carbonyl (C=O) groups excluding carboxylic acids is 3. The van der Waals surface area contributed by atoms with Gasteiger partial charge in [-0.05, 0) is 41.2 Å². The van der Waals surface area contributed by atoms with E-state index in [-0.39, 0.29) is 89.4 Å². The van der Waals surface area contributed by atoms with Crippen LogP contribution in [0.3, 0.4) is 0 Å². The predicted octanol–water partition coefficient (Wildman–Crippen LogP) is -9.83. The van der Waals surface area contributed by atoms with Gasteiger partial charge in [-0.2, -0.15) is 0 Å². The molecule has 0 aromatic carbocycles. The molecule has 22 unspecified atom stereocenters. The maximum atomic E-state index is 11.8. The zero-order valence-corrected chi connectivity index (χ0v) is 56.0. The van der Waals surface area contributed by atoms with Crippen molar-refractivity contribution in [1.29, 1.82) is 0 Å². The minimum atomic E-state index is -3.10. The number of aliphatic hydroxyl groups is 13. The van der Waals surface area contributed by atoms with Crippen LogP contribution in [0, 0.1) is 21.7 Å². The summed E-state index contributed by atoms with van der Waals surface area (Å²) in [4.78, 5) is 44.6. The van der Waals surface area contributed by atoms with Crippen molar-refractivity contribution in [2.75, 3.05) is 13.3 Å². The fraction of sp³-hybridized carbons (Fsp3) is 0.942. The topological polar surface area (TPSA) is 449 Å². The van der Waals surface area contributed by atoms with Gasteiger partial charge in [0.15, 0.2) is 0 Å². The number of rotatable bonds is 8. The fourth-order valence-corrected chi connectivity index (χ4v) is 8.68. The van der Waals surface area contributed by atoms with Gasteiger partial charge in [-0.1, -0.05) is 118 Å². The number of carbonyl (C=O) groups is 3. The smallest absolute Gasteiger partial charge is 0.799 e. The minimum Gasteiger partial charge on any atom is -0.799 e. The first-order chi connectivity index (χ1) is 34.8. The number of carboxylic acids is 2. The van der Waals surface area contributed by atoms with E-state index < -0.39 is 169 Å². The molecule has 464 valence electrons. The molecule has 25 nitrogen and oxygen atoms in total. The fourth-order valence-electron chi connectivity index (χ4n) is 8.68. The number of aliphatic carboxylic acids is 2. The van der Waals surface area contributed by atoms with E-state index in [0.29, 0.717) is 6.42 Å². The number of amides is 1. The van der Waals surface area contributed by atoms with Crippen molar-refractivity contribution < 1.29 is 179 Å². The van der Waals surface area contributed by atoms with Crippen molar-refractivity contribution in [3.05, 3.63) is 0 Å². The van der Waals surface area contributed by atoms with Gasteiger partial charge in [-0.15, -0.1) is 0 Å². The Bertz CT molecular complexity index is 1850. The molecule has 0 bridgehead atoms. The number of hydrogen-bond acceptors (Lipinski definition) is 24. The summed E-state index contributed by atoms with van der Waals surface area (Å²) in [6.45, 7) is 32.2. The van der Waals surface area contributed by atoms with Crippen LogP contribution in [0.1, 0.15) is 144 Å². The summed E-state index contributed by atoms with van der Waals surface area (Å²) >= 11 is 0. The predicted molar refractivity (Wildman–Crippen MR) is 277 cm³/mol. The van der Waals surface area contributed by atoms with Gasteiger partial charge in [0, 0.05) is 25.9 Å². The maximum absolute atomic E-state index is 11.8. The van der Waals surface area contributed by atoms with Crippen LogP contribution in [-0.2, 0) is 37.9 Å². The summed E-state index contributed by atoms with van der Waals surface area (Å²) in [5, 5.41) is 151. The van der Waals surface area contributed by atoms with Crippen LogP contribution in [0.25, 0.3) is 0 Å². The van der Waals surface area contributed by atoms with Gasteiger partial charge in [0.1, 0.15) is 85.0 Å². The molecule has 4 rings (SSSR count). The molecule has 4 heterocycles. The number of aliphatic hydroxyl groups excluding tert-OH is 13. The Morgan fingerprint density at radius 2 is 0.975 bits per heavy atom. The minimum absolute atomic E-state index is 0. The van der Waals surface area contributed by atoms with E-state index in [1.54, 1.807) is 69.2 Å². The molecule has 14 N–H and O–H groups in total. The zero-order chi connectivity index (χ0) is 62.1. The van der Waals surface area contributed by atoms with Crippen molar-refractivity contribution in [3.63, 3.8) is 0 Å². The third-order valence-corrected chi connectivity index (χ3v) is 16.7. The summed E-state index contributed by atoms with van der Waals surface area (Å²) in [6.07, 6.45) is -20.9. The van der Waals surface area contributed by atoms with Crippen LogP contribution >= 0.6 is 7.37 Å². The van der Waals surface area contributed by atoms with Crippen LogP contribution < -0.4 is 79.5 Å². The van der Waals surface area contributed by atoms with E-state index in [2.05, 4.69) is 5.32 Å². The van der Waals surface area contributed by atoms with E-state index in [1.165, 1.54) is 13.6 Å². The number of hydrogen-bond donors (Lipinski definition) is 14. The molecular weight excluding hydrogens is 1100 g/mol. The van der Waals surface area contributed by atoms with E-state index in [9.17, 15) is 95.3 Å². The monoisotopic (exact) mass is 1200 g/mol. The average Bonchev–Trinajstić information content (AvgIpc) is 3.27. The second-order valence-corrected chi connectivity index (χ2v) is 29.1. The second-order valence-electron chi connectivity index (χ2n) is 26.0. The molecule has 0 spiro atoms. The van der Waals surface area contributed by atoms with Gasteiger partial charge >= 0.3 is 59.1 Å². The molecule has 4 fully saturated rings. The van der Waals surface area contributed by atoms with E-state index in [1.807, 2.05) is 48.5 Å². The molecular formula is C52H99NNa2O24P-. The number of nitrogens with one attached hydrogen (secondary N) is 1. The summed E-state index contributed by atoms with van der Waals surface area (Å²) in [5.74, 6) is -3.59. The SMILES string of the molecule is CC(C)(C)C1OC(C(=O)[O-])C(O)C(O)C1O.CC(C)(C)C1OC(CO)C(O)C(O)C1O.CC(C)(C)P(C)(=O)[O-].CCC(O)C(O)C1OC(C(=O)[O-])(C(C)(C)C)CC(O)C1NC(C)=O.CCC1OC(C(C)(C)C)C(O)C(O)C1O.[Na+].[Na+]. The van der Waals surface area contributed by atoms with Crippen LogP contribution in [0.5, 0.6) is 0 Å². The third kappa shape index (κ3) is 22.9. The van der Waals surface area contributed by atoms with Crippen LogP contribution in [0.15, 0.2) is 0 Å². The summed E-state index contributed by atoms with van der Waals surface area (Å²) in [5.41, 5.74) is -4.01. The van der Waals surface area contributed by atoms with Crippen LogP contribution in [0.2, 0.25) is 0 Å². The molecule has 1 amide bonds. The van der Waals surface area contributed by atoms with Crippen molar-refractivity contribution in [1.82, 2.24) is 5.32 Å². The molecule has 0 aromatic rings. The van der Waals surface area contributed by atoms with E-state index >= 15 is 0 Å². The Morgan fingerprint density at radius 3 is 1.26 bits per heavy atom. The Kier molecular flexibility index (Phi) is 35.0. The first-order valence-corrected chi connectivity index (χ1v) is 28.3. The van der Waals surface area contributed by atoms with Gasteiger partial charge in [0.2, 0.25) is 5.91 Å². The van der Waals surface area contributed by atoms with Gasteiger partial charge in [0.05, 0.1) is 61.2 Å². The summed E-state index contributed by atoms with van der Waals surface area (Å²) in [6, 6.07) is -1.05. The molecule has 0 radical (unpaired) electrons. The van der Waals surface area contributed by atoms with E-state index in [0.717, 1.165) is 0 Å². The Balaban J connectivity index is -0.000000953. The number of carboxylic acid groups (broad SMARTS) is 2. The average molecular weight is 1200 g/mol. The third-order valence-electron chi connectivity index (χ3n) is 14.3. The Morgan fingerprint density at radius 1 is 0.625 bits per heavy atom. The summed E-state index contributed by atoms with van der Waals surface area (Å²) in [7, 11) is -3.10. The molecule has 4 aliphatic heterocycles. The molecule has 0 saturated carbocycles. The van der Waals surface area contributed by atoms with Crippen LogP contribution in [-0.4, -0.2) is 230 Å². The zero-order valence-electron chi connectivity index (χ0n) is 51.1. The summed E-state index contributed by atoms with van der Waals surface area (Å²) < 4.78 is 32.5. The van der Waals surface area contributed by atoms with Crippen LogP contribution in [0.4, 0.5) is 0 Å². The molecule has 28 heteroatoms. The molecule has 0 aromatic heterocycles. The number of ether oxygens (including phenoxy) is 4. The van der Waals surface area contributed by atoms with Crippen molar-refractivity contribution in [3.8, 4) is 0 Å². The molecule has 4 saturated heterocycles. The largest absolute Gasteiger partial charge is 1.00 e. The Hall–Kier alpha value is -0.0800. The van der Waals surface area contributed by atoms with Crippen molar-refractivity contribution in [2.24, 2.45) is 21.7 Å². The van der Waals surface area contributed by atoms with Gasteiger partial charge in [0.25, 0.3) is 0 Å². The second kappa shape index (κ2) is 33.3. The maximum Gasteiger partial charge on any atom is 1.00 e. The first-order valence-electron chi connectivity index (χ1n) is 26.3. The molecule has 4 aliphatic rings. The molecule has 80 heavy (non-hydrogen) atoms. The first kappa shape index (κ1) is 84.1. The Labute approximate surface area is 517 Å². The van der Waals surface area contributed by atoms with Crippen molar-refractivity contribution in [2.45, 2.75) is 277 Å².